The lowest BCUT2D eigenvalue weighted by Gasteiger charge is -2.13. The Balaban J connectivity index is 1.97. The predicted molar refractivity (Wildman–Crippen MR) is 78.1 cm³/mol. The van der Waals surface area contributed by atoms with E-state index in [4.69, 9.17) is 0 Å². The van der Waals surface area contributed by atoms with Crippen LogP contribution in [0.25, 0.3) is 0 Å². The van der Waals surface area contributed by atoms with E-state index in [2.05, 4.69) is 27.9 Å². The van der Waals surface area contributed by atoms with Gasteiger partial charge in [0.1, 0.15) is 0 Å². The number of hydrogen-bond donors (Lipinski definition) is 1. The van der Waals surface area contributed by atoms with Gasteiger partial charge in [-0.15, -0.1) is 0 Å². The van der Waals surface area contributed by atoms with Gasteiger partial charge >= 0.3 is 0 Å². The number of halogens is 1. The topological polar surface area (TPSA) is 49.4 Å². The minimum atomic E-state index is -0.225. The number of carbonyl (C=O) groups excluding carboxylic acids is 2. The van der Waals surface area contributed by atoms with Crippen LogP contribution in [-0.4, -0.2) is 29.8 Å². The van der Waals surface area contributed by atoms with Crippen LogP contribution in [0.15, 0.2) is 24.3 Å². The van der Waals surface area contributed by atoms with Crippen LogP contribution < -0.4 is 5.32 Å². The average molecular weight is 358 g/mol. The molecular formula is C13H15IN2O2. The largest absolute Gasteiger partial charge is 0.342 e. The summed E-state index contributed by atoms with van der Waals surface area (Å²) in [6, 6.07) is 7.62. The summed E-state index contributed by atoms with van der Waals surface area (Å²) in [6.07, 6.45) is 0.323. The van der Waals surface area contributed by atoms with Crippen LogP contribution in [0.5, 0.6) is 0 Å². The molecule has 1 heterocycles. The Bertz CT molecular complexity index is 459. The first kappa shape index (κ1) is 13.3. The molecule has 1 aromatic carbocycles. The van der Waals surface area contributed by atoms with Crippen molar-refractivity contribution in [2.45, 2.75) is 13.3 Å². The molecule has 0 spiro atoms. The molecule has 1 saturated heterocycles. The molecule has 0 saturated carbocycles. The van der Waals surface area contributed by atoms with E-state index in [1.54, 1.807) is 4.90 Å². The molecule has 1 fully saturated rings. The van der Waals surface area contributed by atoms with Gasteiger partial charge in [0.15, 0.2) is 0 Å². The van der Waals surface area contributed by atoms with Crippen molar-refractivity contribution in [3.05, 3.63) is 27.8 Å². The maximum Gasteiger partial charge on any atom is 0.229 e. The summed E-state index contributed by atoms with van der Waals surface area (Å²) in [6.45, 7) is 3.13. The number of hydrogen-bond acceptors (Lipinski definition) is 2. The van der Waals surface area contributed by atoms with Gasteiger partial charge < -0.3 is 10.2 Å². The molecule has 1 N–H and O–H groups in total. The normalized spacial score (nSPS) is 19.1. The number of carbonyl (C=O) groups is 2. The zero-order valence-corrected chi connectivity index (χ0v) is 12.3. The first-order valence-electron chi connectivity index (χ1n) is 5.94. The molecule has 2 amide bonds. The summed E-state index contributed by atoms with van der Waals surface area (Å²) in [5.41, 5.74) is 0.780. The summed E-state index contributed by atoms with van der Waals surface area (Å²) >= 11 is 2.21. The van der Waals surface area contributed by atoms with Crippen molar-refractivity contribution >= 4 is 40.1 Å². The van der Waals surface area contributed by atoms with Gasteiger partial charge in [-0.1, -0.05) is 0 Å². The number of nitrogens with one attached hydrogen (secondary N) is 1. The fourth-order valence-corrected chi connectivity index (χ4v) is 2.39. The second kappa shape index (κ2) is 5.69. The van der Waals surface area contributed by atoms with E-state index >= 15 is 0 Å². The summed E-state index contributed by atoms with van der Waals surface area (Å²) < 4.78 is 1.12. The van der Waals surface area contributed by atoms with Crippen molar-refractivity contribution in [3.8, 4) is 0 Å². The molecule has 2 rings (SSSR count). The van der Waals surface area contributed by atoms with Gasteiger partial charge in [0.2, 0.25) is 11.8 Å². The van der Waals surface area contributed by atoms with Crippen molar-refractivity contribution in [3.63, 3.8) is 0 Å². The molecule has 1 aliphatic rings. The molecule has 96 valence electrons. The molecule has 18 heavy (non-hydrogen) atoms. The Morgan fingerprint density at radius 2 is 2.11 bits per heavy atom. The van der Waals surface area contributed by atoms with Gasteiger partial charge in [-0.25, -0.2) is 0 Å². The highest BCUT2D eigenvalue weighted by Crippen LogP contribution is 2.20. The number of likely N-dealkylation sites (tertiary alicyclic amines) is 1. The van der Waals surface area contributed by atoms with Crippen LogP contribution in [-0.2, 0) is 9.59 Å². The van der Waals surface area contributed by atoms with Gasteiger partial charge in [-0.2, -0.15) is 0 Å². The Kier molecular flexibility index (Phi) is 4.21. The molecule has 0 aliphatic carbocycles. The number of benzene rings is 1. The van der Waals surface area contributed by atoms with Crippen LogP contribution >= 0.6 is 22.6 Å². The number of anilines is 1. The lowest BCUT2D eigenvalue weighted by molar-refractivity contribution is -0.128. The van der Waals surface area contributed by atoms with Crippen molar-refractivity contribution < 1.29 is 9.59 Å². The molecule has 0 radical (unpaired) electrons. The van der Waals surface area contributed by atoms with Crippen molar-refractivity contribution in [1.82, 2.24) is 4.90 Å². The number of amides is 2. The van der Waals surface area contributed by atoms with Gasteiger partial charge in [-0.05, 0) is 53.8 Å². The van der Waals surface area contributed by atoms with Crippen LogP contribution in [0.1, 0.15) is 13.3 Å². The Morgan fingerprint density at radius 3 is 2.67 bits per heavy atom. The summed E-state index contributed by atoms with van der Waals surface area (Å²) in [5.74, 6) is -0.225. The predicted octanol–water partition coefficient (Wildman–Crippen LogP) is 2.10. The van der Waals surface area contributed by atoms with E-state index in [1.807, 2.05) is 31.2 Å². The lowest BCUT2D eigenvalue weighted by atomic mass is 10.1. The standard InChI is InChI=1S/C13H15IN2O2/c1-2-16-8-9(7-12(16)17)13(18)15-11-5-3-10(14)4-6-11/h3-6,9H,2,7-8H2,1H3,(H,15,18). The smallest absolute Gasteiger partial charge is 0.229 e. The highest BCUT2D eigenvalue weighted by atomic mass is 127. The van der Waals surface area contributed by atoms with Gasteiger partial charge in [0.25, 0.3) is 0 Å². The van der Waals surface area contributed by atoms with E-state index in [-0.39, 0.29) is 17.7 Å². The summed E-state index contributed by atoms with van der Waals surface area (Å²) in [7, 11) is 0. The van der Waals surface area contributed by atoms with E-state index in [0.29, 0.717) is 19.5 Å². The highest BCUT2D eigenvalue weighted by molar-refractivity contribution is 14.1. The lowest BCUT2D eigenvalue weighted by Crippen LogP contribution is -2.28. The molecule has 1 aliphatic heterocycles. The van der Waals surface area contributed by atoms with Gasteiger partial charge in [0.05, 0.1) is 5.92 Å². The zero-order valence-electron chi connectivity index (χ0n) is 10.1. The quantitative estimate of drug-likeness (QED) is 0.842. The van der Waals surface area contributed by atoms with E-state index in [9.17, 15) is 9.59 Å². The average Bonchev–Trinajstić information content (AvgIpc) is 2.73. The Morgan fingerprint density at radius 1 is 1.44 bits per heavy atom. The fourth-order valence-electron chi connectivity index (χ4n) is 2.03. The van der Waals surface area contributed by atoms with Crippen molar-refractivity contribution in [2.75, 3.05) is 18.4 Å². The zero-order chi connectivity index (χ0) is 13.1. The van der Waals surface area contributed by atoms with Gasteiger partial charge in [0, 0.05) is 28.8 Å². The molecular weight excluding hydrogens is 343 g/mol. The molecule has 1 unspecified atom stereocenters. The highest BCUT2D eigenvalue weighted by Gasteiger charge is 2.33. The van der Waals surface area contributed by atoms with E-state index < -0.39 is 0 Å². The SMILES string of the molecule is CCN1CC(C(=O)Nc2ccc(I)cc2)CC1=O. The maximum absolute atomic E-state index is 12.0. The van der Waals surface area contributed by atoms with Gasteiger partial charge in [-0.3, -0.25) is 9.59 Å². The minimum Gasteiger partial charge on any atom is -0.342 e. The second-order valence-electron chi connectivity index (χ2n) is 4.33. The van der Waals surface area contributed by atoms with Crippen molar-refractivity contribution in [1.29, 1.82) is 0 Å². The molecule has 0 aromatic heterocycles. The monoisotopic (exact) mass is 358 g/mol. The van der Waals surface area contributed by atoms with E-state index in [0.717, 1.165) is 9.26 Å². The fraction of sp³-hybridized carbons (Fsp3) is 0.385. The summed E-state index contributed by atoms with van der Waals surface area (Å²) in [4.78, 5) is 25.3. The third-order valence-corrected chi connectivity index (χ3v) is 3.80. The molecule has 4 nitrogen and oxygen atoms in total. The number of nitrogens with zero attached hydrogens (tertiary/aromatic N) is 1. The molecule has 5 heteroatoms. The van der Waals surface area contributed by atoms with Crippen LogP contribution in [0.2, 0.25) is 0 Å². The first-order valence-corrected chi connectivity index (χ1v) is 7.02. The summed E-state index contributed by atoms with van der Waals surface area (Å²) in [5, 5.41) is 2.86. The van der Waals surface area contributed by atoms with Crippen LogP contribution in [0, 0.1) is 9.49 Å². The first-order chi connectivity index (χ1) is 8.60. The molecule has 0 bridgehead atoms. The molecule has 1 aromatic rings. The second-order valence-corrected chi connectivity index (χ2v) is 5.58. The number of rotatable bonds is 3. The Hall–Kier alpha value is -1.11. The van der Waals surface area contributed by atoms with Crippen LogP contribution in [0.4, 0.5) is 5.69 Å². The third-order valence-electron chi connectivity index (χ3n) is 3.08. The third kappa shape index (κ3) is 3.01. The molecule has 1 atom stereocenters. The minimum absolute atomic E-state index is 0.0690. The Labute approximate surface area is 120 Å². The maximum atomic E-state index is 12.0. The van der Waals surface area contributed by atoms with E-state index in [1.165, 1.54) is 0 Å². The van der Waals surface area contributed by atoms with Crippen LogP contribution in [0.3, 0.4) is 0 Å². The van der Waals surface area contributed by atoms with Crippen molar-refractivity contribution in [2.24, 2.45) is 5.92 Å².